The number of nitrogens with zero attached hydrogens (tertiary/aromatic N) is 2. The molecule has 0 spiro atoms. The van der Waals surface area contributed by atoms with E-state index in [-0.39, 0.29) is 5.69 Å². The van der Waals surface area contributed by atoms with Gasteiger partial charge in [-0.25, -0.2) is 0 Å². The molecule has 18 heavy (non-hydrogen) atoms. The van der Waals surface area contributed by atoms with E-state index in [0.717, 1.165) is 5.56 Å². The maximum absolute atomic E-state index is 10.8. The Morgan fingerprint density at radius 1 is 1.28 bits per heavy atom. The first-order valence-electron chi connectivity index (χ1n) is 5.58. The number of carbonyl (C=O) groups excluding carboxylic acids is 1. The van der Waals surface area contributed by atoms with Gasteiger partial charge in [-0.15, -0.1) is 10.2 Å². The summed E-state index contributed by atoms with van der Waals surface area (Å²) in [6.45, 7) is 2.71. The number of amides is 1. The minimum atomic E-state index is -0.576. The van der Waals surface area contributed by atoms with Gasteiger partial charge in [0.25, 0.3) is 5.91 Å². The molecule has 2 rings (SSSR count). The molecular formula is C13H14N4O. The summed E-state index contributed by atoms with van der Waals surface area (Å²) in [7, 11) is 0. The monoisotopic (exact) mass is 242 g/mol. The van der Waals surface area contributed by atoms with Crippen LogP contribution in [0.3, 0.4) is 0 Å². The molecule has 0 radical (unpaired) electrons. The summed E-state index contributed by atoms with van der Waals surface area (Å²) in [6, 6.07) is 11.4. The number of anilines is 1. The molecule has 0 aliphatic carbocycles. The molecule has 1 heterocycles. The highest BCUT2D eigenvalue weighted by atomic mass is 16.1. The molecule has 3 N–H and O–H groups in total. The van der Waals surface area contributed by atoms with Gasteiger partial charge in [-0.2, -0.15) is 0 Å². The van der Waals surface area contributed by atoms with Gasteiger partial charge in [0.1, 0.15) is 5.82 Å². The van der Waals surface area contributed by atoms with Crippen molar-refractivity contribution in [2.24, 2.45) is 5.73 Å². The van der Waals surface area contributed by atoms with Crippen LogP contribution in [0.4, 0.5) is 5.82 Å². The molecule has 1 aromatic heterocycles. The molecule has 0 unspecified atom stereocenters. The van der Waals surface area contributed by atoms with E-state index in [0.29, 0.717) is 12.4 Å². The molecule has 0 saturated heterocycles. The number of benzene rings is 1. The van der Waals surface area contributed by atoms with Crippen molar-refractivity contribution in [3.63, 3.8) is 0 Å². The smallest absolute Gasteiger partial charge is 0.269 e. The average molecular weight is 242 g/mol. The topological polar surface area (TPSA) is 80.9 Å². The second kappa shape index (κ2) is 5.27. The Morgan fingerprint density at radius 2 is 2.11 bits per heavy atom. The van der Waals surface area contributed by atoms with Crippen LogP contribution in [0.15, 0.2) is 36.4 Å². The summed E-state index contributed by atoms with van der Waals surface area (Å²) < 4.78 is 0. The molecule has 0 fully saturated rings. The van der Waals surface area contributed by atoms with Gasteiger partial charge in [0, 0.05) is 6.54 Å². The van der Waals surface area contributed by atoms with Crippen LogP contribution in [0, 0.1) is 6.92 Å². The van der Waals surface area contributed by atoms with Gasteiger partial charge in [-0.3, -0.25) is 4.79 Å². The first kappa shape index (κ1) is 12.0. The third-order valence-corrected chi connectivity index (χ3v) is 2.47. The highest BCUT2D eigenvalue weighted by Crippen LogP contribution is 2.07. The van der Waals surface area contributed by atoms with Crippen molar-refractivity contribution in [3.8, 4) is 0 Å². The second-order valence-corrected chi connectivity index (χ2v) is 4.01. The molecule has 1 amide bonds. The summed E-state index contributed by atoms with van der Waals surface area (Å²) in [5.74, 6) is 0.0363. The number of carbonyl (C=O) groups is 1. The molecule has 1 aromatic carbocycles. The van der Waals surface area contributed by atoms with E-state index in [2.05, 4.69) is 21.6 Å². The fourth-order valence-corrected chi connectivity index (χ4v) is 1.57. The third-order valence-electron chi connectivity index (χ3n) is 2.47. The predicted octanol–water partition coefficient (Wildman–Crippen LogP) is 1.50. The number of nitrogens with two attached hydrogens (primary N) is 1. The van der Waals surface area contributed by atoms with Crippen molar-refractivity contribution in [1.29, 1.82) is 0 Å². The highest BCUT2D eigenvalue weighted by molar-refractivity contribution is 5.90. The zero-order valence-corrected chi connectivity index (χ0v) is 10.1. The molecule has 0 aliphatic heterocycles. The van der Waals surface area contributed by atoms with Crippen molar-refractivity contribution >= 4 is 11.7 Å². The van der Waals surface area contributed by atoms with Crippen LogP contribution in [0.5, 0.6) is 0 Å². The lowest BCUT2D eigenvalue weighted by Crippen LogP contribution is -2.14. The number of aromatic nitrogens is 2. The molecule has 0 aliphatic rings. The molecule has 0 atom stereocenters. The van der Waals surface area contributed by atoms with Gasteiger partial charge in [0.2, 0.25) is 0 Å². The van der Waals surface area contributed by atoms with E-state index in [1.807, 2.05) is 25.1 Å². The number of nitrogens with one attached hydrogen (secondary N) is 1. The number of hydrogen-bond acceptors (Lipinski definition) is 4. The predicted molar refractivity (Wildman–Crippen MR) is 69.1 cm³/mol. The Morgan fingerprint density at radius 3 is 2.72 bits per heavy atom. The van der Waals surface area contributed by atoms with Gasteiger partial charge >= 0.3 is 0 Å². The maximum atomic E-state index is 10.8. The van der Waals surface area contributed by atoms with Crippen LogP contribution < -0.4 is 11.1 Å². The summed E-state index contributed by atoms with van der Waals surface area (Å²) in [5.41, 5.74) is 7.62. The molecule has 5 heteroatoms. The maximum Gasteiger partial charge on any atom is 0.269 e. The fourth-order valence-electron chi connectivity index (χ4n) is 1.57. The third kappa shape index (κ3) is 3.04. The van der Waals surface area contributed by atoms with Crippen LogP contribution in [0.25, 0.3) is 0 Å². The van der Waals surface area contributed by atoms with Gasteiger partial charge in [0.15, 0.2) is 5.69 Å². The lowest BCUT2D eigenvalue weighted by atomic mass is 10.1. The SMILES string of the molecule is Cc1cccc(CNc2ccc(C(N)=O)nn2)c1. The molecule has 5 nitrogen and oxygen atoms in total. The van der Waals surface area contributed by atoms with Crippen molar-refractivity contribution < 1.29 is 4.79 Å². The van der Waals surface area contributed by atoms with Gasteiger partial charge in [-0.05, 0) is 24.6 Å². The Labute approximate surface area is 105 Å². The lowest BCUT2D eigenvalue weighted by molar-refractivity contribution is 0.0994. The molecule has 0 saturated carbocycles. The second-order valence-electron chi connectivity index (χ2n) is 4.01. The van der Waals surface area contributed by atoms with E-state index >= 15 is 0 Å². The standard InChI is InChI=1S/C13H14N4O/c1-9-3-2-4-10(7-9)8-15-12-6-5-11(13(14)18)16-17-12/h2-7H,8H2,1H3,(H2,14,18)(H,15,17). The summed E-state index contributed by atoms with van der Waals surface area (Å²) in [5, 5.41) is 10.7. The van der Waals surface area contributed by atoms with Crippen molar-refractivity contribution in [3.05, 3.63) is 53.2 Å². The molecule has 92 valence electrons. The Kier molecular flexibility index (Phi) is 3.52. The summed E-state index contributed by atoms with van der Waals surface area (Å²) in [6.07, 6.45) is 0. The van der Waals surface area contributed by atoms with Crippen LogP contribution in [-0.4, -0.2) is 16.1 Å². The van der Waals surface area contributed by atoms with Gasteiger partial charge < -0.3 is 11.1 Å². The van der Waals surface area contributed by atoms with Crippen LogP contribution in [-0.2, 0) is 6.54 Å². The van der Waals surface area contributed by atoms with Crippen LogP contribution in [0.2, 0.25) is 0 Å². The molecule has 0 bridgehead atoms. The number of hydrogen-bond donors (Lipinski definition) is 2. The highest BCUT2D eigenvalue weighted by Gasteiger charge is 2.02. The average Bonchev–Trinajstić information content (AvgIpc) is 2.37. The molecule has 2 aromatic rings. The van der Waals surface area contributed by atoms with Crippen molar-refractivity contribution in [2.45, 2.75) is 13.5 Å². The van der Waals surface area contributed by atoms with E-state index in [4.69, 9.17) is 5.73 Å². The molecular weight excluding hydrogens is 228 g/mol. The van der Waals surface area contributed by atoms with E-state index in [1.54, 1.807) is 12.1 Å². The lowest BCUT2D eigenvalue weighted by Gasteiger charge is -2.05. The van der Waals surface area contributed by atoms with Gasteiger partial charge in [-0.1, -0.05) is 29.8 Å². The first-order chi connectivity index (χ1) is 8.65. The van der Waals surface area contributed by atoms with E-state index in [1.165, 1.54) is 5.56 Å². The van der Waals surface area contributed by atoms with E-state index < -0.39 is 5.91 Å². The van der Waals surface area contributed by atoms with Crippen molar-refractivity contribution in [1.82, 2.24) is 10.2 Å². The quantitative estimate of drug-likeness (QED) is 0.851. The summed E-state index contributed by atoms with van der Waals surface area (Å²) in [4.78, 5) is 10.8. The first-order valence-corrected chi connectivity index (χ1v) is 5.58. The zero-order valence-electron chi connectivity index (χ0n) is 10.1. The van der Waals surface area contributed by atoms with Crippen LogP contribution >= 0.6 is 0 Å². The largest absolute Gasteiger partial charge is 0.365 e. The summed E-state index contributed by atoms with van der Waals surface area (Å²) >= 11 is 0. The van der Waals surface area contributed by atoms with E-state index in [9.17, 15) is 4.79 Å². The van der Waals surface area contributed by atoms with Crippen molar-refractivity contribution in [2.75, 3.05) is 5.32 Å². The number of rotatable bonds is 4. The Hall–Kier alpha value is -2.43. The fraction of sp³-hybridized carbons (Fsp3) is 0.154. The van der Waals surface area contributed by atoms with Gasteiger partial charge in [0.05, 0.1) is 0 Å². The Bertz CT molecular complexity index is 551. The normalized spacial score (nSPS) is 10.1. The minimum absolute atomic E-state index is 0.163. The number of aryl methyl sites for hydroxylation is 1. The minimum Gasteiger partial charge on any atom is -0.365 e. The van der Waals surface area contributed by atoms with Crippen LogP contribution in [0.1, 0.15) is 21.6 Å². The zero-order chi connectivity index (χ0) is 13.0. The Balaban J connectivity index is 2.00. The number of primary amides is 1.